The zero-order chi connectivity index (χ0) is 9.14. The molecule has 0 aliphatic rings. The van der Waals surface area contributed by atoms with E-state index in [-0.39, 0.29) is 0 Å². The molecule has 2 heteroatoms. The summed E-state index contributed by atoms with van der Waals surface area (Å²) in [6.07, 6.45) is -0.471. The summed E-state index contributed by atoms with van der Waals surface area (Å²) >= 11 is 0. The Morgan fingerprint density at radius 2 is 2.08 bits per heavy atom. The summed E-state index contributed by atoms with van der Waals surface area (Å²) in [5.41, 5.74) is 1.93. The molecule has 0 unspecified atom stereocenters. The zero-order valence-corrected chi connectivity index (χ0v) is 7.66. The average Bonchev–Trinajstić information content (AvgIpc) is 2.03. The van der Waals surface area contributed by atoms with E-state index < -0.39 is 6.10 Å². The van der Waals surface area contributed by atoms with Crippen molar-refractivity contribution in [3.63, 3.8) is 0 Å². The van der Waals surface area contributed by atoms with E-state index in [4.69, 9.17) is 4.74 Å². The topological polar surface area (TPSA) is 29.5 Å². The molecule has 0 amide bonds. The third-order valence-corrected chi connectivity index (χ3v) is 1.92. The van der Waals surface area contributed by atoms with Crippen molar-refractivity contribution in [2.75, 3.05) is 7.11 Å². The maximum absolute atomic E-state index is 9.44. The van der Waals surface area contributed by atoms with Crippen LogP contribution >= 0.6 is 0 Å². The van der Waals surface area contributed by atoms with E-state index in [1.54, 1.807) is 14.0 Å². The highest BCUT2D eigenvalue weighted by Gasteiger charge is 2.10. The minimum atomic E-state index is -0.471. The molecule has 0 aliphatic carbocycles. The van der Waals surface area contributed by atoms with Crippen LogP contribution in [-0.4, -0.2) is 12.2 Å². The van der Waals surface area contributed by atoms with Gasteiger partial charge in [-0.25, -0.2) is 0 Å². The van der Waals surface area contributed by atoms with Crippen molar-refractivity contribution in [2.24, 2.45) is 0 Å². The maximum Gasteiger partial charge on any atom is 0.124 e. The van der Waals surface area contributed by atoms with Crippen LogP contribution in [0.5, 0.6) is 5.75 Å². The Balaban J connectivity index is 3.20. The molecule has 2 nitrogen and oxygen atoms in total. The molecule has 1 aromatic carbocycles. The Labute approximate surface area is 72.8 Å². The molecule has 1 N–H and O–H groups in total. The van der Waals surface area contributed by atoms with Gasteiger partial charge in [0, 0.05) is 5.56 Å². The first-order valence-corrected chi connectivity index (χ1v) is 3.98. The summed E-state index contributed by atoms with van der Waals surface area (Å²) in [5, 5.41) is 9.44. The van der Waals surface area contributed by atoms with Crippen molar-refractivity contribution in [1.29, 1.82) is 0 Å². The molecule has 0 heterocycles. The lowest BCUT2D eigenvalue weighted by Crippen LogP contribution is -1.98. The predicted octanol–water partition coefficient (Wildman–Crippen LogP) is 2.06. The highest BCUT2D eigenvalue weighted by molar-refractivity contribution is 5.40. The third kappa shape index (κ3) is 1.59. The highest BCUT2D eigenvalue weighted by atomic mass is 16.5. The lowest BCUT2D eigenvalue weighted by Gasteiger charge is -2.13. The van der Waals surface area contributed by atoms with Gasteiger partial charge in [0.25, 0.3) is 0 Å². The van der Waals surface area contributed by atoms with Gasteiger partial charge in [-0.15, -0.1) is 0 Å². The van der Waals surface area contributed by atoms with Crippen LogP contribution in [0.4, 0.5) is 0 Å². The molecular formula is C10H14O2. The van der Waals surface area contributed by atoms with E-state index in [0.29, 0.717) is 0 Å². The number of aliphatic hydroxyl groups is 1. The second-order valence-electron chi connectivity index (χ2n) is 2.87. The molecule has 0 bridgehead atoms. The number of methoxy groups -OCH3 is 1. The molecule has 1 rings (SSSR count). The van der Waals surface area contributed by atoms with Gasteiger partial charge in [-0.05, 0) is 25.5 Å². The number of rotatable bonds is 2. The lowest BCUT2D eigenvalue weighted by molar-refractivity contribution is 0.193. The van der Waals surface area contributed by atoms with Crippen LogP contribution in [0.25, 0.3) is 0 Å². The Bertz CT molecular complexity index is 267. The first kappa shape index (κ1) is 9.07. The molecule has 0 radical (unpaired) electrons. The second kappa shape index (κ2) is 3.59. The minimum absolute atomic E-state index is 0.471. The van der Waals surface area contributed by atoms with Crippen LogP contribution in [0.3, 0.4) is 0 Å². The molecule has 1 aromatic rings. The van der Waals surface area contributed by atoms with E-state index in [1.165, 1.54) is 0 Å². The van der Waals surface area contributed by atoms with Gasteiger partial charge < -0.3 is 9.84 Å². The van der Waals surface area contributed by atoms with Gasteiger partial charge in [0.05, 0.1) is 13.2 Å². The van der Waals surface area contributed by atoms with Gasteiger partial charge in [0.1, 0.15) is 5.75 Å². The number of benzene rings is 1. The Morgan fingerprint density at radius 3 is 2.50 bits per heavy atom. The summed E-state index contributed by atoms with van der Waals surface area (Å²) in [7, 11) is 1.61. The summed E-state index contributed by atoms with van der Waals surface area (Å²) in [6.45, 7) is 3.70. The quantitative estimate of drug-likeness (QED) is 0.728. The molecule has 66 valence electrons. The van der Waals surface area contributed by atoms with Crippen LogP contribution in [-0.2, 0) is 0 Å². The fraction of sp³-hybridized carbons (Fsp3) is 0.400. The Hall–Kier alpha value is -1.02. The van der Waals surface area contributed by atoms with E-state index >= 15 is 0 Å². The van der Waals surface area contributed by atoms with Crippen molar-refractivity contribution < 1.29 is 9.84 Å². The molecule has 0 aromatic heterocycles. The second-order valence-corrected chi connectivity index (χ2v) is 2.87. The standard InChI is InChI=1S/C10H14O2/c1-7-5-4-6-9(12-3)10(7)8(2)11/h4-6,8,11H,1-3H3/t8-/m1/s1. The Kier molecular flexibility index (Phi) is 2.71. The van der Waals surface area contributed by atoms with Crippen LogP contribution < -0.4 is 4.74 Å². The number of hydrogen-bond acceptors (Lipinski definition) is 2. The molecule has 0 fully saturated rings. The van der Waals surface area contributed by atoms with Gasteiger partial charge in [-0.2, -0.15) is 0 Å². The van der Waals surface area contributed by atoms with Gasteiger partial charge in [-0.3, -0.25) is 0 Å². The average molecular weight is 166 g/mol. The number of aryl methyl sites for hydroxylation is 1. The number of hydrogen-bond donors (Lipinski definition) is 1. The van der Waals surface area contributed by atoms with Crippen LogP contribution in [0.2, 0.25) is 0 Å². The summed E-state index contributed by atoms with van der Waals surface area (Å²) < 4.78 is 5.13. The van der Waals surface area contributed by atoms with Gasteiger partial charge in [0.2, 0.25) is 0 Å². The molecule has 0 saturated heterocycles. The maximum atomic E-state index is 9.44. The van der Waals surface area contributed by atoms with Crippen molar-refractivity contribution >= 4 is 0 Å². The van der Waals surface area contributed by atoms with Crippen molar-refractivity contribution in [1.82, 2.24) is 0 Å². The molecular weight excluding hydrogens is 152 g/mol. The fourth-order valence-corrected chi connectivity index (χ4v) is 1.37. The van der Waals surface area contributed by atoms with E-state index in [0.717, 1.165) is 16.9 Å². The molecule has 12 heavy (non-hydrogen) atoms. The van der Waals surface area contributed by atoms with E-state index in [1.807, 2.05) is 25.1 Å². The zero-order valence-electron chi connectivity index (χ0n) is 7.66. The molecule has 0 saturated carbocycles. The summed E-state index contributed by atoms with van der Waals surface area (Å²) in [5.74, 6) is 0.755. The van der Waals surface area contributed by atoms with Gasteiger partial charge >= 0.3 is 0 Å². The SMILES string of the molecule is COc1cccc(C)c1[C@@H](C)O. The smallest absolute Gasteiger partial charge is 0.124 e. The van der Waals surface area contributed by atoms with Crippen molar-refractivity contribution in [3.8, 4) is 5.75 Å². The van der Waals surface area contributed by atoms with E-state index in [2.05, 4.69) is 0 Å². The summed E-state index contributed by atoms with van der Waals surface area (Å²) in [6, 6.07) is 5.74. The van der Waals surface area contributed by atoms with Crippen LogP contribution in [0, 0.1) is 6.92 Å². The largest absolute Gasteiger partial charge is 0.496 e. The molecule has 0 aliphatic heterocycles. The first-order chi connectivity index (χ1) is 5.66. The first-order valence-electron chi connectivity index (χ1n) is 3.98. The fourth-order valence-electron chi connectivity index (χ4n) is 1.37. The lowest BCUT2D eigenvalue weighted by atomic mass is 10.0. The molecule has 1 atom stereocenters. The van der Waals surface area contributed by atoms with Crippen molar-refractivity contribution in [3.05, 3.63) is 29.3 Å². The Morgan fingerprint density at radius 1 is 1.42 bits per heavy atom. The number of aliphatic hydroxyl groups excluding tert-OH is 1. The normalized spacial score (nSPS) is 12.7. The minimum Gasteiger partial charge on any atom is -0.496 e. The molecule has 0 spiro atoms. The van der Waals surface area contributed by atoms with Crippen molar-refractivity contribution in [2.45, 2.75) is 20.0 Å². The summed E-state index contributed by atoms with van der Waals surface area (Å²) in [4.78, 5) is 0. The van der Waals surface area contributed by atoms with E-state index in [9.17, 15) is 5.11 Å². The third-order valence-electron chi connectivity index (χ3n) is 1.92. The highest BCUT2D eigenvalue weighted by Crippen LogP contribution is 2.27. The predicted molar refractivity (Wildman–Crippen MR) is 48.4 cm³/mol. The van der Waals surface area contributed by atoms with Crippen LogP contribution in [0.15, 0.2) is 18.2 Å². The van der Waals surface area contributed by atoms with Gasteiger partial charge in [-0.1, -0.05) is 12.1 Å². The number of ether oxygens (including phenoxy) is 1. The van der Waals surface area contributed by atoms with Gasteiger partial charge in [0.15, 0.2) is 0 Å². The monoisotopic (exact) mass is 166 g/mol. The van der Waals surface area contributed by atoms with Crippen LogP contribution in [0.1, 0.15) is 24.2 Å².